The van der Waals surface area contributed by atoms with E-state index in [-0.39, 0.29) is 38.4 Å². The first kappa shape index (κ1) is 25.3. The average Bonchev–Trinajstić information content (AvgIpc) is 2.83. The summed E-state index contributed by atoms with van der Waals surface area (Å²) in [6.07, 6.45) is 1.53. The number of nitrogens with one attached hydrogen (secondary N) is 2. The van der Waals surface area contributed by atoms with Crippen LogP contribution < -0.4 is 14.9 Å². The normalized spacial score (nSPS) is 10.9. The second kappa shape index (κ2) is 11.2. The number of benzene rings is 3. The van der Waals surface area contributed by atoms with Crippen molar-refractivity contribution in [1.29, 1.82) is 0 Å². The maximum Gasteiger partial charge on any atom is 0.264 e. The van der Waals surface area contributed by atoms with Gasteiger partial charge in [0.1, 0.15) is 6.54 Å². The number of hydrogen-bond acceptors (Lipinski definition) is 4. The third-order valence-electron chi connectivity index (χ3n) is 4.65. The Morgan fingerprint density at radius 3 is 2.35 bits per heavy atom. The SMILES string of the molecule is C=CCNC(=O)c1ccccc1NC(=O)CN(c1cc(Cl)ccc1Cl)S(=O)(=O)c1ccccc1. The van der Waals surface area contributed by atoms with Crippen LogP contribution in [0.25, 0.3) is 0 Å². The van der Waals surface area contributed by atoms with Gasteiger partial charge in [-0.3, -0.25) is 13.9 Å². The van der Waals surface area contributed by atoms with Gasteiger partial charge in [-0.25, -0.2) is 8.42 Å². The van der Waals surface area contributed by atoms with Gasteiger partial charge in [0.05, 0.1) is 26.9 Å². The molecule has 0 heterocycles. The molecule has 3 aromatic carbocycles. The standard InChI is InChI=1S/C24H21Cl2N3O4S/c1-2-14-27-24(31)19-10-6-7-11-21(19)28-23(30)16-29(22-15-17(25)12-13-20(22)26)34(32,33)18-8-4-3-5-9-18/h2-13,15H,1,14,16H2,(H,27,31)(H,28,30). The zero-order chi connectivity index (χ0) is 24.7. The number of amides is 2. The third kappa shape index (κ3) is 5.96. The van der Waals surface area contributed by atoms with Gasteiger partial charge in [-0.1, -0.05) is 59.6 Å². The first-order chi connectivity index (χ1) is 16.2. The number of rotatable bonds is 9. The summed E-state index contributed by atoms with van der Waals surface area (Å²) in [4.78, 5) is 25.4. The van der Waals surface area contributed by atoms with Crippen molar-refractivity contribution in [3.05, 3.63) is 101 Å². The second-order valence-corrected chi connectivity index (χ2v) is 9.72. The number of carbonyl (C=O) groups is 2. The molecule has 0 bridgehead atoms. The van der Waals surface area contributed by atoms with Crippen LogP contribution in [-0.4, -0.2) is 33.3 Å². The molecule has 2 N–H and O–H groups in total. The van der Waals surface area contributed by atoms with Crippen LogP contribution in [0.1, 0.15) is 10.4 Å². The third-order valence-corrected chi connectivity index (χ3v) is 6.98. The molecule has 0 atom stereocenters. The van der Waals surface area contributed by atoms with Crippen LogP contribution in [-0.2, 0) is 14.8 Å². The highest BCUT2D eigenvalue weighted by Crippen LogP contribution is 2.33. The van der Waals surface area contributed by atoms with E-state index in [1.165, 1.54) is 36.4 Å². The van der Waals surface area contributed by atoms with Crippen LogP contribution in [0.15, 0.2) is 90.3 Å². The molecule has 3 aromatic rings. The smallest absolute Gasteiger partial charge is 0.264 e. The maximum absolute atomic E-state index is 13.4. The summed E-state index contributed by atoms with van der Waals surface area (Å²) in [6.45, 7) is 3.19. The molecule has 0 unspecified atom stereocenters. The number of sulfonamides is 1. The molecule has 0 aromatic heterocycles. The highest BCUT2D eigenvalue weighted by Gasteiger charge is 2.29. The lowest BCUT2D eigenvalue weighted by molar-refractivity contribution is -0.114. The Balaban J connectivity index is 1.96. The number of anilines is 2. The van der Waals surface area contributed by atoms with Crippen molar-refractivity contribution in [3.63, 3.8) is 0 Å². The Hall–Kier alpha value is -3.33. The van der Waals surface area contributed by atoms with Gasteiger partial charge in [0.2, 0.25) is 5.91 Å². The van der Waals surface area contributed by atoms with E-state index < -0.39 is 28.4 Å². The molecule has 0 spiro atoms. The summed E-state index contributed by atoms with van der Waals surface area (Å²) in [5.74, 6) is -1.10. The first-order valence-electron chi connectivity index (χ1n) is 10.0. The molecule has 2 amide bonds. The van der Waals surface area contributed by atoms with Crippen molar-refractivity contribution in [2.45, 2.75) is 4.90 Å². The summed E-state index contributed by atoms with van der Waals surface area (Å²) in [5, 5.41) is 5.61. The van der Waals surface area contributed by atoms with E-state index in [1.54, 1.807) is 42.5 Å². The first-order valence-corrected chi connectivity index (χ1v) is 12.2. The summed E-state index contributed by atoms with van der Waals surface area (Å²) in [5.41, 5.74) is 0.490. The van der Waals surface area contributed by atoms with Crippen molar-refractivity contribution >= 4 is 56.4 Å². The van der Waals surface area contributed by atoms with E-state index in [1.807, 2.05) is 0 Å². The summed E-state index contributed by atoms with van der Waals surface area (Å²) in [6, 6.07) is 18.4. The molecule has 0 aliphatic rings. The minimum absolute atomic E-state index is 0.0250. The van der Waals surface area contributed by atoms with Gasteiger partial charge in [0, 0.05) is 11.6 Å². The predicted octanol–water partition coefficient (Wildman–Crippen LogP) is 4.74. The lowest BCUT2D eigenvalue weighted by Gasteiger charge is -2.25. The summed E-state index contributed by atoms with van der Waals surface area (Å²) < 4.78 is 27.8. The van der Waals surface area contributed by atoms with Crippen LogP contribution in [0.3, 0.4) is 0 Å². The van der Waals surface area contributed by atoms with Gasteiger partial charge in [-0.05, 0) is 42.5 Å². The molecule has 0 aliphatic heterocycles. The molecule has 0 aliphatic carbocycles. The Kier molecular flexibility index (Phi) is 8.33. The largest absolute Gasteiger partial charge is 0.349 e. The number of carbonyl (C=O) groups excluding carboxylic acids is 2. The fraction of sp³-hybridized carbons (Fsp3) is 0.0833. The molecule has 34 heavy (non-hydrogen) atoms. The Bertz CT molecular complexity index is 1310. The highest BCUT2D eigenvalue weighted by atomic mass is 35.5. The lowest BCUT2D eigenvalue weighted by atomic mass is 10.1. The molecule has 7 nitrogen and oxygen atoms in total. The van der Waals surface area contributed by atoms with Crippen LogP contribution in [0.2, 0.25) is 10.0 Å². The van der Waals surface area contributed by atoms with Crippen molar-refractivity contribution in [2.75, 3.05) is 22.7 Å². The van der Waals surface area contributed by atoms with Crippen molar-refractivity contribution in [2.24, 2.45) is 0 Å². The van der Waals surface area contributed by atoms with E-state index >= 15 is 0 Å². The highest BCUT2D eigenvalue weighted by molar-refractivity contribution is 7.92. The molecular formula is C24H21Cl2N3O4S. The van der Waals surface area contributed by atoms with Gasteiger partial charge in [-0.2, -0.15) is 0 Å². The van der Waals surface area contributed by atoms with E-state index in [9.17, 15) is 18.0 Å². The molecular weight excluding hydrogens is 497 g/mol. The van der Waals surface area contributed by atoms with E-state index in [2.05, 4.69) is 17.2 Å². The maximum atomic E-state index is 13.4. The Labute approximate surface area is 208 Å². The number of para-hydroxylation sites is 1. The quantitative estimate of drug-likeness (QED) is 0.400. The van der Waals surface area contributed by atoms with E-state index in [4.69, 9.17) is 23.2 Å². The zero-order valence-electron chi connectivity index (χ0n) is 17.9. The molecule has 176 valence electrons. The number of hydrogen-bond donors (Lipinski definition) is 2. The van der Waals surface area contributed by atoms with E-state index in [0.29, 0.717) is 0 Å². The Morgan fingerprint density at radius 2 is 1.65 bits per heavy atom. The fourth-order valence-electron chi connectivity index (χ4n) is 3.07. The number of nitrogens with zero attached hydrogens (tertiary/aromatic N) is 1. The van der Waals surface area contributed by atoms with Crippen LogP contribution in [0, 0.1) is 0 Å². The van der Waals surface area contributed by atoms with Crippen molar-refractivity contribution in [1.82, 2.24) is 5.32 Å². The molecule has 10 heteroatoms. The molecule has 0 fully saturated rings. The fourth-order valence-corrected chi connectivity index (χ4v) is 4.96. The molecule has 3 rings (SSSR count). The Morgan fingerprint density at radius 1 is 0.971 bits per heavy atom. The summed E-state index contributed by atoms with van der Waals surface area (Å²) >= 11 is 12.4. The monoisotopic (exact) mass is 517 g/mol. The van der Waals surface area contributed by atoms with E-state index in [0.717, 1.165) is 4.31 Å². The summed E-state index contributed by atoms with van der Waals surface area (Å²) in [7, 11) is -4.18. The van der Waals surface area contributed by atoms with Gasteiger partial charge >= 0.3 is 0 Å². The molecule has 0 saturated carbocycles. The minimum atomic E-state index is -4.18. The predicted molar refractivity (Wildman–Crippen MR) is 135 cm³/mol. The molecule has 0 saturated heterocycles. The van der Waals surface area contributed by atoms with Gasteiger partial charge in [0.25, 0.3) is 15.9 Å². The van der Waals surface area contributed by atoms with Crippen molar-refractivity contribution in [3.8, 4) is 0 Å². The second-order valence-electron chi connectivity index (χ2n) is 7.01. The zero-order valence-corrected chi connectivity index (χ0v) is 20.2. The van der Waals surface area contributed by atoms with Crippen molar-refractivity contribution < 1.29 is 18.0 Å². The van der Waals surface area contributed by atoms with Gasteiger partial charge < -0.3 is 10.6 Å². The van der Waals surface area contributed by atoms with Crippen LogP contribution in [0.5, 0.6) is 0 Å². The lowest BCUT2D eigenvalue weighted by Crippen LogP contribution is -2.38. The minimum Gasteiger partial charge on any atom is -0.349 e. The van der Waals surface area contributed by atoms with Gasteiger partial charge in [0.15, 0.2) is 0 Å². The average molecular weight is 518 g/mol. The van der Waals surface area contributed by atoms with Crippen LogP contribution >= 0.6 is 23.2 Å². The van der Waals surface area contributed by atoms with Crippen LogP contribution in [0.4, 0.5) is 11.4 Å². The topological polar surface area (TPSA) is 95.6 Å². The molecule has 0 radical (unpaired) electrons. The number of halogens is 2. The van der Waals surface area contributed by atoms with Gasteiger partial charge in [-0.15, -0.1) is 6.58 Å².